The Morgan fingerprint density at radius 1 is 0.875 bits per heavy atom. The summed E-state index contributed by atoms with van der Waals surface area (Å²) in [7, 11) is 0. The van der Waals surface area contributed by atoms with Gasteiger partial charge < -0.3 is 4.90 Å². The lowest BCUT2D eigenvalue weighted by Gasteiger charge is -2.43. The van der Waals surface area contributed by atoms with Gasteiger partial charge in [0.1, 0.15) is 0 Å². The van der Waals surface area contributed by atoms with Gasteiger partial charge >= 0.3 is 0 Å². The second-order valence-electron chi connectivity index (χ2n) is 7.55. The Bertz CT molecular complexity index is 864. The summed E-state index contributed by atoms with van der Waals surface area (Å²) in [6, 6.07) is 24.2. The molecular weight excluding hydrogens is 290 g/mol. The summed E-state index contributed by atoms with van der Waals surface area (Å²) in [5, 5.41) is 2.75. The van der Waals surface area contributed by atoms with Crippen molar-refractivity contribution < 1.29 is 0 Å². The van der Waals surface area contributed by atoms with Gasteiger partial charge in [-0.25, -0.2) is 0 Å². The molecule has 3 aromatic rings. The molecule has 1 unspecified atom stereocenters. The van der Waals surface area contributed by atoms with Crippen molar-refractivity contribution in [2.24, 2.45) is 5.92 Å². The molecule has 4 rings (SSSR count). The average molecular weight is 315 g/mol. The monoisotopic (exact) mass is 315 g/mol. The fourth-order valence-corrected chi connectivity index (χ4v) is 4.09. The number of anilines is 2. The van der Waals surface area contributed by atoms with Gasteiger partial charge in [0, 0.05) is 16.9 Å². The van der Waals surface area contributed by atoms with Crippen molar-refractivity contribution >= 4 is 22.1 Å². The lowest BCUT2D eigenvalue weighted by atomic mass is 9.84. The first-order chi connectivity index (χ1) is 11.6. The van der Waals surface area contributed by atoms with E-state index in [0.717, 1.165) is 6.42 Å². The van der Waals surface area contributed by atoms with Gasteiger partial charge in [-0.05, 0) is 67.1 Å². The summed E-state index contributed by atoms with van der Waals surface area (Å²) in [6.45, 7) is 7.16. The van der Waals surface area contributed by atoms with Crippen LogP contribution in [0.5, 0.6) is 0 Å². The minimum Gasteiger partial charge on any atom is -0.335 e. The Morgan fingerprint density at radius 3 is 2.38 bits per heavy atom. The van der Waals surface area contributed by atoms with Gasteiger partial charge in [0.25, 0.3) is 0 Å². The van der Waals surface area contributed by atoms with Crippen LogP contribution >= 0.6 is 0 Å². The first-order valence-corrected chi connectivity index (χ1v) is 8.95. The van der Waals surface area contributed by atoms with Crippen LogP contribution in [0.2, 0.25) is 0 Å². The van der Waals surface area contributed by atoms with E-state index in [0.29, 0.717) is 5.92 Å². The number of fused-ring (bicyclic) bond motifs is 3. The lowest BCUT2D eigenvalue weighted by molar-refractivity contribution is 0.331. The molecule has 0 spiro atoms. The maximum atomic E-state index is 2.56. The van der Waals surface area contributed by atoms with Crippen LogP contribution in [0.15, 0.2) is 66.7 Å². The Hall–Kier alpha value is -2.28. The molecule has 3 aromatic carbocycles. The number of para-hydroxylation sites is 1. The van der Waals surface area contributed by atoms with Crippen LogP contribution in [-0.2, 0) is 6.42 Å². The van der Waals surface area contributed by atoms with E-state index < -0.39 is 0 Å². The third-order valence-corrected chi connectivity index (χ3v) is 5.88. The quantitative estimate of drug-likeness (QED) is 0.506. The molecule has 1 aliphatic rings. The molecule has 1 heteroatoms. The summed E-state index contributed by atoms with van der Waals surface area (Å²) in [5.41, 5.74) is 4.23. The Kier molecular flexibility index (Phi) is 3.60. The zero-order chi connectivity index (χ0) is 16.7. The molecular formula is C23H25N. The van der Waals surface area contributed by atoms with E-state index in [4.69, 9.17) is 0 Å². The maximum Gasteiger partial charge on any atom is 0.0454 e. The number of aryl methyl sites for hydroxylation is 1. The molecule has 24 heavy (non-hydrogen) atoms. The Balaban J connectivity index is 2.01. The van der Waals surface area contributed by atoms with Crippen LogP contribution in [0.3, 0.4) is 0 Å². The standard InChI is InChI=1S/C23H25N/c1-17-13-15-21-20-12-8-7-9-18(20)14-16-22(21)24(23(17,2)3)19-10-5-4-6-11-19/h4-12,14,16-17H,13,15H2,1-3H3. The largest absolute Gasteiger partial charge is 0.335 e. The van der Waals surface area contributed by atoms with E-state index in [2.05, 4.69) is 92.4 Å². The first-order valence-electron chi connectivity index (χ1n) is 8.95. The highest BCUT2D eigenvalue weighted by Crippen LogP contribution is 2.45. The van der Waals surface area contributed by atoms with E-state index in [1.54, 1.807) is 0 Å². The number of nitrogens with zero attached hydrogens (tertiary/aromatic N) is 1. The zero-order valence-corrected chi connectivity index (χ0v) is 14.8. The molecule has 0 aliphatic carbocycles. The van der Waals surface area contributed by atoms with E-state index in [1.807, 2.05) is 0 Å². The lowest BCUT2D eigenvalue weighted by Crippen LogP contribution is -2.45. The average Bonchev–Trinajstić information content (AvgIpc) is 2.70. The van der Waals surface area contributed by atoms with Gasteiger partial charge in [0.15, 0.2) is 0 Å². The highest BCUT2D eigenvalue weighted by Gasteiger charge is 2.37. The van der Waals surface area contributed by atoms with E-state index >= 15 is 0 Å². The molecule has 0 N–H and O–H groups in total. The fraction of sp³-hybridized carbons (Fsp3) is 0.304. The van der Waals surface area contributed by atoms with Gasteiger partial charge in [-0.1, -0.05) is 55.5 Å². The van der Waals surface area contributed by atoms with E-state index in [-0.39, 0.29) is 5.54 Å². The molecule has 1 atom stereocenters. The van der Waals surface area contributed by atoms with Gasteiger partial charge in [-0.15, -0.1) is 0 Å². The summed E-state index contributed by atoms with van der Waals surface area (Å²) in [4.78, 5) is 2.56. The molecule has 1 heterocycles. The highest BCUT2D eigenvalue weighted by atomic mass is 15.2. The maximum absolute atomic E-state index is 2.56. The molecule has 0 saturated carbocycles. The fourth-order valence-electron chi connectivity index (χ4n) is 4.09. The number of hydrogen-bond acceptors (Lipinski definition) is 1. The third kappa shape index (κ3) is 2.31. The molecule has 1 nitrogen and oxygen atoms in total. The number of benzene rings is 3. The molecule has 122 valence electrons. The predicted molar refractivity (Wildman–Crippen MR) is 104 cm³/mol. The summed E-state index contributed by atoms with van der Waals surface area (Å²) < 4.78 is 0. The molecule has 0 amide bonds. The second kappa shape index (κ2) is 5.66. The smallest absolute Gasteiger partial charge is 0.0454 e. The Labute approximate surface area is 144 Å². The van der Waals surface area contributed by atoms with Crippen LogP contribution in [0.25, 0.3) is 10.8 Å². The van der Waals surface area contributed by atoms with Gasteiger partial charge in [-0.2, -0.15) is 0 Å². The molecule has 0 aromatic heterocycles. The van der Waals surface area contributed by atoms with Gasteiger partial charge in [0.2, 0.25) is 0 Å². The van der Waals surface area contributed by atoms with Gasteiger partial charge in [0.05, 0.1) is 0 Å². The van der Waals surface area contributed by atoms with Crippen molar-refractivity contribution in [3.8, 4) is 0 Å². The van der Waals surface area contributed by atoms with Crippen LogP contribution in [0.4, 0.5) is 11.4 Å². The molecule has 0 bridgehead atoms. The number of hydrogen-bond donors (Lipinski definition) is 0. The SMILES string of the molecule is CC1CCc2c(ccc3ccccc23)N(c2ccccc2)C1(C)C. The summed E-state index contributed by atoms with van der Waals surface area (Å²) >= 11 is 0. The molecule has 0 radical (unpaired) electrons. The molecule has 0 fully saturated rings. The minimum atomic E-state index is 0.0784. The first kappa shape index (κ1) is 15.3. The third-order valence-electron chi connectivity index (χ3n) is 5.88. The van der Waals surface area contributed by atoms with Crippen LogP contribution < -0.4 is 4.90 Å². The van der Waals surface area contributed by atoms with E-state index in [9.17, 15) is 0 Å². The van der Waals surface area contributed by atoms with Gasteiger partial charge in [-0.3, -0.25) is 0 Å². The van der Waals surface area contributed by atoms with Crippen molar-refractivity contribution in [2.75, 3.05) is 4.90 Å². The second-order valence-corrected chi connectivity index (χ2v) is 7.55. The van der Waals surface area contributed by atoms with Crippen molar-refractivity contribution in [1.82, 2.24) is 0 Å². The van der Waals surface area contributed by atoms with Crippen LogP contribution in [0, 0.1) is 5.92 Å². The van der Waals surface area contributed by atoms with Crippen molar-refractivity contribution in [3.05, 3.63) is 72.3 Å². The van der Waals surface area contributed by atoms with Crippen molar-refractivity contribution in [3.63, 3.8) is 0 Å². The van der Waals surface area contributed by atoms with Crippen molar-refractivity contribution in [2.45, 2.75) is 39.2 Å². The molecule has 0 saturated heterocycles. The van der Waals surface area contributed by atoms with Crippen LogP contribution in [-0.4, -0.2) is 5.54 Å². The van der Waals surface area contributed by atoms with E-state index in [1.165, 1.54) is 34.1 Å². The topological polar surface area (TPSA) is 3.24 Å². The van der Waals surface area contributed by atoms with Crippen molar-refractivity contribution in [1.29, 1.82) is 0 Å². The number of rotatable bonds is 1. The predicted octanol–water partition coefficient (Wildman–Crippen LogP) is 6.34. The summed E-state index contributed by atoms with van der Waals surface area (Å²) in [5.74, 6) is 0.615. The molecule has 1 aliphatic heterocycles. The van der Waals surface area contributed by atoms with Crippen LogP contribution in [0.1, 0.15) is 32.8 Å². The Morgan fingerprint density at radius 2 is 1.58 bits per heavy atom. The normalized spacial score (nSPS) is 19.8. The minimum absolute atomic E-state index is 0.0784. The highest BCUT2D eigenvalue weighted by molar-refractivity contribution is 5.92. The zero-order valence-electron chi connectivity index (χ0n) is 14.8. The summed E-state index contributed by atoms with van der Waals surface area (Å²) in [6.07, 6.45) is 2.36.